The summed E-state index contributed by atoms with van der Waals surface area (Å²) in [6.45, 7) is 9.42. The first-order chi connectivity index (χ1) is 38.9. The van der Waals surface area contributed by atoms with Crippen LogP contribution in [-0.4, -0.2) is 96.7 Å². The van der Waals surface area contributed by atoms with E-state index in [1.54, 1.807) is 0 Å². The molecule has 4 unspecified atom stereocenters. The minimum absolute atomic E-state index is 0.105. The van der Waals surface area contributed by atoms with E-state index in [9.17, 15) is 43.2 Å². The van der Waals surface area contributed by atoms with Gasteiger partial charge in [0.25, 0.3) is 0 Å². The number of rotatable bonds is 61. The second kappa shape index (κ2) is 54.7. The van der Waals surface area contributed by atoms with Crippen molar-refractivity contribution in [2.75, 3.05) is 39.6 Å². The Morgan fingerprint density at radius 3 is 0.877 bits per heavy atom. The predicted molar refractivity (Wildman–Crippen MR) is 321 cm³/mol. The summed E-state index contributed by atoms with van der Waals surface area (Å²) in [5.74, 6) is -0.607. The number of hydrogen-bond donors (Lipinski definition) is 3. The Balaban J connectivity index is 5.23. The van der Waals surface area contributed by atoms with Gasteiger partial charge in [-0.25, -0.2) is 9.13 Å². The lowest BCUT2D eigenvalue weighted by atomic mass is 9.99. The highest BCUT2D eigenvalue weighted by Crippen LogP contribution is 2.45. The molecule has 3 N–H and O–H groups in total. The van der Waals surface area contributed by atoms with E-state index in [-0.39, 0.29) is 25.7 Å². The van der Waals surface area contributed by atoms with E-state index in [1.165, 1.54) is 109 Å². The van der Waals surface area contributed by atoms with Crippen LogP contribution in [0.2, 0.25) is 0 Å². The predicted octanol–water partition coefficient (Wildman–Crippen LogP) is 16.9. The van der Waals surface area contributed by atoms with E-state index in [1.807, 2.05) is 0 Å². The topological polar surface area (TPSA) is 237 Å². The molecule has 0 aromatic heterocycles. The molecular weight excluding hydrogens is 1080 g/mol. The van der Waals surface area contributed by atoms with Gasteiger partial charge in [-0.2, -0.15) is 0 Å². The Hall–Kier alpha value is -1.94. The lowest BCUT2D eigenvalue weighted by molar-refractivity contribution is -0.161. The van der Waals surface area contributed by atoms with E-state index in [0.29, 0.717) is 25.7 Å². The fourth-order valence-corrected chi connectivity index (χ4v) is 10.7. The molecule has 81 heavy (non-hydrogen) atoms. The number of unbranched alkanes of at least 4 members (excludes halogenated alkanes) is 29. The van der Waals surface area contributed by atoms with Crippen LogP contribution in [0, 0.1) is 11.8 Å². The molecule has 0 spiro atoms. The molecule has 0 aromatic carbocycles. The van der Waals surface area contributed by atoms with Crippen molar-refractivity contribution in [2.24, 2.45) is 11.8 Å². The number of phosphoric acid groups is 2. The van der Waals surface area contributed by atoms with Crippen molar-refractivity contribution >= 4 is 39.5 Å². The molecule has 0 amide bonds. The molecule has 0 aliphatic rings. The molecule has 0 rings (SSSR count). The molecule has 0 radical (unpaired) electrons. The van der Waals surface area contributed by atoms with Crippen LogP contribution in [-0.2, 0) is 65.4 Å². The molecule has 480 valence electrons. The van der Waals surface area contributed by atoms with E-state index < -0.39 is 97.5 Å². The number of esters is 4. The Morgan fingerprint density at radius 2 is 0.593 bits per heavy atom. The van der Waals surface area contributed by atoms with Gasteiger partial charge in [0.15, 0.2) is 12.2 Å². The zero-order valence-electron chi connectivity index (χ0n) is 52.1. The van der Waals surface area contributed by atoms with E-state index in [0.717, 1.165) is 115 Å². The maximum Gasteiger partial charge on any atom is 0.472 e. The molecule has 7 atom stereocenters. The third-order valence-corrected chi connectivity index (χ3v) is 16.8. The highest BCUT2D eigenvalue weighted by Gasteiger charge is 2.30. The van der Waals surface area contributed by atoms with Crippen LogP contribution in [0.25, 0.3) is 0 Å². The van der Waals surface area contributed by atoms with Gasteiger partial charge < -0.3 is 33.8 Å². The Kier molecular flexibility index (Phi) is 53.4. The van der Waals surface area contributed by atoms with Gasteiger partial charge in [-0.1, -0.05) is 253 Å². The van der Waals surface area contributed by atoms with Crippen LogP contribution in [0.4, 0.5) is 0 Å². The fraction of sp³-hybridized carbons (Fsp3) is 0.935. The Labute approximate surface area is 492 Å². The highest BCUT2D eigenvalue weighted by molar-refractivity contribution is 7.47. The standard InChI is InChI=1S/C62H120O17P2/c1-7-11-13-15-17-21-26-34-40-46-61(66)78-57(50-72-59(64)44-38-32-25-18-16-14-12-8-2)52-76-80(68,69)74-48-56(63)49-75-81(70,71)77-53-58(51-73-60(65)45-39-33-29-28-31-37-43-55(6)10-4)79-62(67)47-41-35-27-23-20-19-22-24-30-36-42-54(5)9-3/h54-58,63H,7-53H2,1-6H3,(H,68,69)(H,70,71)/t54?,55?,56-,57+,58+/m0/s1. The highest BCUT2D eigenvalue weighted by atomic mass is 31.2. The molecule has 0 heterocycles. The number of hydrogen-bond acceptors (Lipinski definition) is 15. The minimum Gasteiger partial charge on any atom is -0.462 e. The number of aliphatic hydroxyl groups excluding tert-OH is 1. The van der Waals surface area contributed by atoms with Crippen molar-refractivity contribution in [3.63, 3.8) is 0 Å². The van der Waals surface area contributed by atoms with E-state index in [4.69, 9.17) is 37.0 Å². The van der Waals surface area contributed by atoms with Gasteiger partial charge in [0.05, 0.1) is 26.4 Å². The summed E-state index contributed by atoms with van der Waals surface area (Å²) in [6, 6.07) is 0. The molecule has 0 bridgehead atoms. The second-order valence-corrected chi connectivity index (χ2v) is 25.8. The third kappa shape index (κ3) is 54.5. The van der Waals surface area contributed by atoms with Crippen LogP contribution in [0.1, 0.15) is 305 Å². The average molecular weight is 1200 g/mol. The minimum atomic E-state index is -4.94. The van der Waals surface area contributed by atoms with Crippen LogP contribution in [0.3, 0.4) is 0 Å². The molecule has 0 aliphatic carbocycles. The van der Waals surface area contributed by atoms with Crippen molar-refractivity contribution < 1.29 is 80.2 Å². The van der Waals surface area contributed by atoms with Gasteiger partial charge in [0.1, 0.15) is 19.3 Å². The molecule has 0 aromatic rings. The summed E-state index contributed by atoms with van der Waals surface area (Å²) in [5.41, 5.74) is 0. The number of carbonyl (C=O) groups is 4. The lowest BCUT2D eigenvalue weighted by Crippen LogP contribution is -2.30. The first-order valence-electron chi connectivity index (χ1n) is 32.6. The summed E-state index contributed by atoms with van der Waals surface area (Å²) >= 11 is 0. The molecule has 0 saturated heterocycles. The van der Waals surface area contributed by atoms with Gasteiger partial charge in [-0.15, -0.1) is 0 Å². The maximum atomic E-state index is 13.0. The number of phosphoric ester groups is 2. The summed E-state index contributed by atoms with van der Waals surface area (Å²) in [7, 11) is -9.88. The van der Waals surface area contributed by atoms with Crippen molar-refractivity contribution in [3.8, 4) is 0 Å². The Bertz CT molecular complexity index is 1600. The van der Waals surface area contributed by atoms with Crippen LogP contribution in [0.15, 0.2) is 0 Å². The van der Waals surface area contributed by atoms with Crippen LogP contribution < -0.4 is 0 Å². The maximum absolute atomic E-state index is 13.0. The fourth-order valence-electron chi connectivity index (χ4n) is 9.11. The SMILES string of the molecule is CCCCCCCCCCCC(=O)O[C@H](COC(=O)CCCCCCCCCC)COP(=O)(O)OC[C@H](O)COP(=O)(O)OC[C@@H](COC(=O)CCCCCCCCC(C)CC)OC(=O)CCCCCCCCCCCCC(C)CC. The molecule has 0 aliphatic heterocycles. The molecular formula is C62H120O17P2. The van der Waals surface area contributed by atoms with Gasteiger partial charge in [-0.3, -0.25) is 37.3 Å². The summed E-state index contributed by atoms with van der Waals surface area (Å²) in [4.78, 5) is 72.0. The van der Waals surface area contributed by atoms with Gasteiger partial charge in [-0.05, 0) is 37.5 Å². The van der Waals surface area contributed by atoms with E-state index >= 15 is 0 Å². The van der Waals surface area contributed by atoms with Crippen LogP contribution >= 0.6 is 15.6 Å². The molecule has 0 fully saturated rings. The molecule has 19 heteroatoms. The quantitative estimate of drug-likeness (QED) is 0.0222. The van der Waals surface area contributed by atoms with Crippen LogP contribution in [0.5, 0.6) is 0 Å². The third-order valence-electron chi connectivity index (χ3n) is 14.9. The smallest absolute Gasteiger partial charge is 0.462 e. The zero-order chi connectivity index (χ0) is 60.1. The van der Waals surface area contributed by atoms with Crippen molar-refractivity contribution in [1.82, 2.24) is 0 Å². The van der Waals surface area contributed by atoms with E-state index in [2.05, 4.69) is 41.5 Å². The number of carbonyl (C=O) groups excluding carboxylic acids is 4. The first-order valence-corrected chi connectivity index (χ1v) is 35.6. The average Bonchev–Trinajstić information content (AvgIpc) is 3.44. The Morgan fingerprint density at radius 1 is 0.346 bits per heavy atom. The second-order valence-electron chi connectivity index (χ2n) is 22.9. The molecule has 17 nitrogen and oxygen atoms in total. The number of aliphatic hydroxyl groups is 1. The summed E-state index contributed by atoms with van der Waals surface area (Å²) in [5, 5.41) is 10.5. The lowest BCUT2D eigenvalue weighted by Gasteiger charge is -2.21. The first kappa shape index (κ1) is 79.1. The van der Waals surface area contributed by atoms with Crippen molar-refractivity contribution in [2.45, 2.75) is 323 Å². The summed E-state index contributed by atoms with van der Waals surface area (Å²) < 4.78 is 67.8. The van der Waals surface area contributed by atoms with Crippen molar-refractivity contribution in [1.29, 1.82) is 0 Å². The summed E-state index contributed by atoms with van der Waals surface area (Å²) in [6.07, 6.45) is 36.2. The largest absolute Gasteiger partial charge is 0.472 e. The molecule has 0 saturated carbocycles. The van der Waals surface area contributed by atoms with Crippen molar-refractivity contribution in [3.05, 3.63) is 0 Å². The normalized spacial score (nSPS) is 15.0. The zero-order valence-corrected chi connectivity index (χ0v) is 53.9. The van der Waals surface area contributed by atoms with Gasteiger partial charge in [0, 0.05) is 25.7 Å². The van der Waals surface area contributed by atoms with Gasteiger partial charge >= 0.3 is 39.5 Å². The monoisotopic (exact) mass is 1200 g/mol. The number of ether oxygens (including phenoxy) is 4. The van der Waals surface area contributed by atoms with Gasteiger partial charge in [0.2, 0.25) is 0 Å².